The van der Waals surface area contributed by atoms with Crippen molar-refractivity contribution < 1.29 is 4.74 Å². The van der Waals surface area contributed by atoms with Crippen LogP contribution in [-0.4, -0.2) is 46.7 Å². The van der Waals surface area contributed by atoms with E-state index in [9.17, 15) is 4.79 Å². The molecule has 0 amide bonds. The second kappa shape index (κ2) is 5.16. The first-order chi connectivity index (χ1) is 9.69. The molecule has 1 fully saturated rings. The smallest absolute Gasteiger partial charge is 0.278 e. The van der Waals surface area contributed by atoms with Gasteiger partial charge < -0.3 is 14.6 Å². The number of methoxy groups -OCH3 is 1. The van der Waals surface area contributed by atoms with E-state index in [4.69, 9.17) is 4.74 Å². The van der Waals surface area contributed by atoms with Gasteiger partial charge in [0.15, 0.2) is 11.2 Å². The molecule has 7 heteroatoms. The van der Waals surface area contributed by atoms with Crippen LogP contribution in [0.2, 0.25) is 0 Å². The summed E-state index contributed by atoms with van der Waals surface area (Å²) >= 11 is 0. The number of rotatable bonds is 5. The monoisotopic (exact) mass is 275 g/mol. The highest BCUT2D eigenvalue weighted by Crippen LogP contribution is 2.34. The molecule has 0 aromatic carbocycles. The summed E-state index contributed by atoms with van der Waals surface area (Å²) in [4.78, 5) is 28.7. The number of anilines is 1. The van der Waals surface area contributed by atoms with Crippen LogP contribution in [0.15, 0.2) is 17.3 Å². The number of hydrogen-bond acceptors (Lipinski definition) is 6. The molecule has 0 radical (unpaired) electrons. The Hall–Kier alpha value is -2.02. The van der Waals surface area contributed by atoms with Gasteiger partial charge in [-0.2, -0.15) is 0 Å². The number of aromatic amines is 1. The zero-order valence-corrected chi connectivity index (χ0v) is 11.5. The second-order valence-electron chi connectivity index (χ2n) is 5.12. The Kier molecular flexibility index (Phi) is 3.35. The second-order valence-corrected chi connectivity index (χ2v) is 5.12. The van der Waals surface area contributed by atoms with Crippen molar-refractivity contribution in [3.63, 3.8) is 0 Å². The summed E-state index contributed by atoms with van der Waals surface area (Å²) < 4.78 is 5.51. The fourth-order valence-electron chi connectivity index (χ4n) is 2.27. The number of nitrogens with one attached hydrogen (secondary N) is 1. The van der Waals surface area contributed by atoms with E-state index >= 15 is 0 Å². The van der Waals surface area contributed by atoms with Crippen LogP contribution in [0.4, 0.5) is 5.82 Å². The largest absolute Gasteiger partial charge is 0.379 e. The zero-order chi connectivity index (χ0) is 14.1. The Morgan fingerprint density at radius 3 is 3.00 bits per heavy atom. The summed E-state index contributed by atoms with van der Waals surface area (Å²) in [7, 11) is 3.66. The van der Waals surface area contributed by atoms with Gasteiger partial charge in [-0.1, -0.05) is 0 Å². The molecule has 0 aliphatic heterocycles. The van der Waals surface area contributed by atoms with Crippen LogP contribution in [0, 0.1) is 5.92 Å². The fraction of sp³-hybridized carbons (Fsp3) is 0.538. The highest BCUT2D eigenvalue weighted by molar-refractivity contribution is 5.69. The number of nitrogens with zero attached hydrogens (tertiary/aromatic N) is 4. The third-order valence-electron chi connectivity index (χ3n) is 3.63. The number of H-pyrrole nitrogens is 1. The molecule has 2 aromatic rings. The van der Waals surface area contributed by atoms with Crippen molar-refractivity contribution in [1.82, 2.24) is 19.9 Å². The minimum absolute atomic E-state index is 0.199. The lowest BCUT2D eigenvalue weighted by molar-refractivity contribution is 0.0904. The number of likely N-dealkylation sites (N-methyl/N-ethyl adjacent to an activating group) is 1. The summed E-state index contributed by atoms with van der Waals surface area (Å²) in [6.07, 6.45) is 5.61. The molecule has 1 atom stereocenters. The highest BCUT2D eigenvalue weighted by atomic mass is 16.5. The van der Waals surface area contributed by atoms with E-state index in [0.717, 1.165) is 6.54 Å². The summed E-state index contributed by atoms with van der Waals surface area (Å²) in [5, 5.41) is 0. The maximum absolute atomic E-state index is 11.7. The number of aromatic nitrogens is 4. The molecule has 0 saturated heterocycles. The molecule has 1 aliphatic carbocycles. The van der Waals surface area contributed by atoms with E-state index < -0.39 is 0 Å². The first kappa shape index (κ1) is 13.0. The van der Waals surface area contributed by atoms with Crippen molar-refractivity contribution in [2.75, 3.05) is 25.6 Å². The van der Waals surface area contributed by atoms with E-state index in [1.54, 1.807) is 13.3 Å². The number of fused-ring (bicyclic) bond motifs is 1. The molecule has 2 heterocycles. The molecule has 2 aromatic heterocycles. The van der Waals surface area contributed by atoms with E-state index in [0.29, 0.717) is 17.4 Å². The van der Waals surface area contributed by atoms with Gasteiger partial charge >= 0.3 is 0 Å². The normalized spacial score (nSPS) is 16.3. The van der Waals surface area contributed by atoms with Gasteiger partial charge in [-0.05, 0) is 18.8 Å². The Labute approximate surface area is 116 Å². The van der Waals surface area contributed by atoms with Crippen LogP contribution >= 0.6 is 0 Å². The van der Waals surface area contributed by atoms with Crippen LogP contribution < -0.4 is 10.5 Å². The number of ether oxygens (including phenoxy) is 1. The van der Waals surface area contributed by atoms with Crippen molar-refractivity contribution in [2.45, 2.75) is 18.9 Å². The van der Waals surface area contributed by atoms with E-state index in [-0.39, 0.29) is 17.2 Å². The van der Waals surface area contributed by atoms with Gasteiger partial charge in [0, 0.05) is 20.7 Å². The molecule has 0 bridgehead atoms. The molecular formula is C13H17N5O2. The first-order valence-electron chi connectivity index (χ1n) is 6.63. The summed E-state index contributed by atoms with van der Waals surface area (Å²) in [6, 6.07) is 0. The lowest BCUT2D eigenvalue weighted by Gasteiger charge is -2.23. The third kappa shape index (κ3) is 2.49. The summed E-state index contributed by atoms with van der Waals surface area (Å²) in [5.74, 6) is 1.29. The molecule has 106 valence electrons. The summed E-state index contributed by atoms with van der Waals surface area (Å²) in [6.45, 7) is 0.736. The van der Waals surface area contributed by atoms with Crippen LogP contribution in [0.25, 0.3) is 11.2 Å². The maximum atomic E-state index is 11.7. The highest BCUT2D eigenvalue weighted by Gasteiger charge is 2.32. The van der Waals surface area contributed by atoms with Gasteiger partial charge in [0.25, 0.3) is 5.56 Å². The topological polar surface area (TPSA) is 84.0 Å². The Morgan fingerprint density at radius 2 is 2.30 bits per heavy atom. The zero-order valence-electron chi connectivity index (χ0n) is 11.5. The minimum Gasteiger partial charge on any atom is -0.379 e. The van der Waals surface area contributed by atoms with Gasteiger partial charge in [-0.25, -0.2) is 15.0 Å². The molecule has 1 unspecified atom stereocenters. The van der Waals surface area contributed by atoms with Gasteiger partial charge in [-0.15, -0.1) is 0 Å². The van der Waals surface area contributed by atoms with Crippen molar-refractivity contribution >= 4 is 17.0 Å². The lowest BCUT2D eigenvalue weighted by Crippen LogP contribution is -2.32. The summed E-state index contributed by atoms with van der Waals surface area (Å²) in [5.41, 5.74) is 0.344. The van der Waals surface area contributed by atoms with E-state index in [1.807, 2.05) is 11.9 Å². The van der Waals surface area contributed by atoms with Crippen LogP contribution in [-0.2, 0) is 4.74 Å². The van der Waals surface area contributed by atoms with Gasteiger partial charge in [-0.3, -0.25) is 4.79 Å². The molecule has 7 nitrogen and oxygen atoms in total. The average molecular weight is 275 g/mol. The fourth-order valence-corrected chi connectivity index (χ4v) is 2.27. The molecular weight excluding hydrogens is 258 g/mol. The molecule has 1 aliphatic rings. The Bertz CT molecular complexity index is 667. The van der Waals surface area contributed by atoms with E-state index in [1.165, 1.54) is 19.2 Å². The molecule has 1 N–H and O–H groups in total. The molecule has 3 rings (SSSR count). The van der Waals surface area contributed by atoms with Gasteiger partial charge in [0.1, 0.15) is 5.82 Å². The average Bonchev–Trinajstić information content (AvgIpc) is 3.29. The van der Waals surface area contributed by atoms with Crippen molar-refractivity contribution in [1.29, 1.82) is 0 Å². The lowest BCUT2D eigenvalue weighted by atomic mass is 10.2. The van der Waals surface area contributed by atoms with Crippen molar-refractivity contribution in [2.24, 2.45) is 5.92 Å². The molecule has 20 heavy (non-hydrogen) atoms. The quantitative estimate of drug-likeness (QED) is 0.859. The van der Waals surface area contributed by atoms with Crippen molar-refractivity contribution in [3.8, 4) is 0 Å². The van der Waals surface area contributed by atoms with E-state index in [2.05, 4.69) is 19.9 Å². The maximum Gasteiger partial charge on any atom is 0.278 e. The van der Waals surface area contributed by atoms with Gasteiger partial charge in [0.05, 0.1) is 18.6 Å². The van der Waals surface area contributed by atoms with Crippen LogP contribution in [0.1, 0.15) is 12.8 Å². The Morgan fingerprint density at radius 1 is 1.50 bits per heavy atom. The molecule has 0 spiro atoms. The van der Waals surface area contributed by atoms with Crippen LogP contribution in [0.3, 0.4) is 0 Å². The predicted molar refractivity (Wildman–Crippen MR) is 74.7 cm³/mol. The van der Waals surface area contributed by atoms with Crippen molar-refractivity contribution in [3.05, 3.63) is 22.9 Å². The van der Waals surface area contributed by atoms with Crippen LogP contribution in [0.5, 0.6) is 0 Å². The predicted octanol–water partition coefficient (Wildman–Crippen LogP) is 0.574. The minimum atomic E-state index is -0.275. The first-order valence-corrected chi connectivity index (χ1v) is 6.63. The number of hydrogen-bond donors (Lipinski definition) is 1. The SMILES string of the molecule is COC(CN(C)c1cnc2nc[nH]c(=O)c2n1)C1CC1. The Balaban J connectivity index is 1.85. The van der Waals surface area contributed by atoms with Gasteiger partial charge in [0.2, 0.25) is 0 Å². The third-order valence-corrected chi connectivity index (χ3v) is 3.63. The molecule has 1 saturated carbocycles. The standard InChI is InChI=1S/C13H17N5O2/c1-18(6-9(20-2)8-3-4-8)10-5-14-12-11(17-10)13(19)16-7-15-12/h5,7-9H,3-4,6H2,1-2H3,(H,14,15,16,19).